The summed E-state index contributed by atoms with van der Waals surface area (Å²) in [6.45, 7) is 3.79. The molecule has 0 spiro atoms. The summed E-state index contributed by atoms with van der Waals surface area (Å²) in [6.07, 6.45) is 8.10. The number of hydrogen-bond donors (Lipinski definition) is 3. The van der Waals surface area contributed by atoms with E-state index in [0.29, 0.717) is 24.7 Å². The molecule has 34 heavy (non-hydrogen) atoms. The Morgan fingerprint density at radius 1 is 1.03 bits per heavy atom. The second-order valence-corrected chi connectivity index (χ2v) is 11.5. The Balaban J connectivity index is 1.34. The van der Waals surface area contributed by atoms with E-state index in [1.54, 1.807) is 18.2 Å². The van der Waals surface area contributed by atoms with Crippen LogP contribution in [0, 0.1) is 28.6 Å². The van der Waals surface area contributed by atoms with Gasteiger partial charge in [0, 0.05) is 17.4 Å². The maximum Gasteiger partial charge on any atom is 0.307 e. The minimum Gasteiger partial charge on any atom is -0.381 e. The van der Waals surface area contributed by atoms with Gasteiger partial charge in [-0.3, -0.25) is 9.59 Å². The molecule has 0 aliphatic heterocycles. The summed E-state index contributed by atoms with van der Waals surface area (Å²) < 4.78 is 5.25. The monoisotopic (exact) mass is 468 g/mol. The van der Waals surface area contributed by atoms with E-state index in [2.05, 4.69) is 6.92 Å². The highest BCUT2D eigenvalue weighted by Crippen LogP contribution is 2.67. The first-order chi connectivity index (χ1) is 16.0. The van der Waals surface area contributed by atoms with Crippen LogP contribution in [-0.4, -0.2) is 39.1 Å². The van der Waals surface area contributed by atoms with Crippen LogP contribution in [0.1, 0.15) is 70.8 Å². The molecule has 3 N–H and O–H groups in total. The van der Waals surface area contributed by atoms with Crippen LogP contribution in [0.15, 0.2) is 42.0 Å². The number of ketones is 2. The van der Waals surface area contributed by atoms with Crippen molar-refractivity contribution in [3.63, 3.8) is 0 Å². The highest BCUT2D eigenvalue weighted by molar-refractivity contribution is 5.91. The fourth-order valence-electron chi connectivity index (χ4n) is 8.06. The molecule has 0 saturated heterocycles. The second kappa shape index (κ2) is 8.09. The zero-order valence-corrected chi connectivity index (χ0v) is 20.1. The third-order valence-electron chi connectivity index (χ3n) is 10.1. The summed E-state index contributed by atoms with van der Waals surface area (Å²) in [7, 11) is 0. The van der Waals surface area contributed by atoms with Gasteiger partial charge in [0.15, 0.2) is 11.6 Å². The number of fused-ring (bicyclic) bond motifs is 5. The number of carbonyl (C=O) groups excluding carboxylic acids is 2. The molecule has 4 aliphatic rings. The van der Waals surface area contributed by atoms with E-state index in [4.69, 9.17) is 4.74 Å². The first kappa shape index (κ1) is 23.9. The van der Waals surface area contributed by atoms with Crippen LogP contribution < -0.4 is 0 Å². The minimum atomic E-state index is -2.59. The second-order valence-electron chi connectivity index (χ2n) is 11.5. The van der Waals surface area contributed by atoms with Crippen molar-refractivity contribution in [2.45, 2.75) is 76.8 Å². The number of benzene rings is 1. The topological polar surface area (TPSA) is 104 Å². The molecule has 0 heterocycles. The van der Waals surface area contributed by atoms with E-state index in [1.165, 1.54) is 17.7 Å². The smallest absolute Gasteiger partial charge is 0.307 e. The Morgan fingerprint density at radius 3 is 2.47 bits per heavy atom. The molecular formula is C28H36O6. The van der Waals surface area contributed by atoms with Gasteiger partial charge in [-0.05, 0) is 74.2 Å². The van der Waals surface area contributed by atoms with Gasteiger partial charge in [-0.2, -0.15) is 0 Å². The highest BCUT2D eigenvalue weighted by atomic mass is 16.8. The normalized spacial score (nSPS) is 39.6. The van der Waals surface area contributed by atoms with E-state index < -0.39 is 29.4 Å². The molecule has 6 heteroatoms. The average molecular weight is 469 g/mol. The molecule has 0 aromatic heterocycles. The van der Waals surface area contributed by atoms with Crippen molar-refractivity contribution in [3.8, 4) is 0 Å². The molecule has 5 rings (SSSR count). The number of aliphatic hydroxyl groups is 3. The molecule has 4 aliphatic carbocycles. The van der Waals surface area contributed by atoms with E-state index in [9.17, 15) is 24.9 Å². The fourth-order valence-corrected chi connectivity index (χ4v) is 8.06. The number of allylic oxidation sites excluding steroid dienone is 1. The van der Waals surface area contributed by atoms with Crippen molar-refractivity contribution in [1.29, 1.82) is 0 Å². The van der Waals surface area contributed by atoms with Crippen LogP contribution in [-0.2, 0) is 20.3 Å². The van der Waals surface area contributed by atoms with Gasteiger partial charge < -0.3 is 20.1 Å². The highest BCUT2D eigenvalue weighted by Gasteiger charge is 2.66. The molecule has 0 amide bonds. The summed E-state index contributed by atoms with van der Waals surface area (Å²) in [5.41, 5.74) is -0.647. The summed E-state index contributed by atoms with van der Waals surface area (Å²) in [6, 6.07) is 8.09. The van der Waals surface area contributed by atoms with Crippen molar-refractivity contribution in [2.24, 2.45) is 28.6 Å². The van der Waals surface area contributed by atoms with E-state index in [1.807, 2.05) is 13.0 Å². The first-order valence-corrected chi connectivity index (χ1v) is 12.6. The van der Waals surface area contributed by atoms with Crippen LogP contribution in [0.4, 0.5) is 0 Å². The number of Topliss-reactive ketones (excluding diaryl/α,β-unsaturated/α-hetero) is 1. The van der Waals surface area contributed by atoms with E-state index in [0.717, 1.165) is 38.5 Å². The number of rotatable bonds is 5. The predicted octanol–water partition coefficient (Wildman–Crippen LogP) is 3.63. The minimum absolute atomic E-state index is 0.0368. The molecule has 3 fully saturated rings. The van der Waals surface area contributed by atoms with Crippen LogP contribution in [0.3, 0.4) is 0 Å². The van der Waals surface area contributed by atoms with Gasteiger partial charge in [-0.1, -0.05) is 49.8 Å². The molecule has 1 aromatic carbocycles. The summed E-state index contributed by atoms with van der Waals surface area (Å²) in [5.74, 6) is -1.73. The fraction of sp³-hybridized carbons (Fsp3) is 0.643. The van der Waals surface area contributed by atoms with Crippen molar-refractivity contribution in [3.05, 3.63) is 47.5 Å². The molecule has 6 atom stereocenters. The lowest BCUT2D eigenvalue weighted by Crippen LogP contribution is -2.58. The van der Waals surface area contributed by atoms with Gasteiger partial charge in [0.1, 0.15) is 12.2 Å². The molecule has 184 valence electrons. The zero-order chi connectivity index (χ0) is 24.4. The predicted molar refractivity (Wildman–Crippen MR) is 125 cm³/mol. The maximum atomic E-state index is 13.3. The Bertz CT molecular complexity index is 1010. The van der Waals surface area contributed by atoms with Crippen LogP contribution in [0.5, 0.6) is 0 Å². The lowest BCUT2D eigenvalue weighted by atomic mass is 9.46. The lowest BCUT2D eigenvalue weighted by molar-refractivity contribution is -0.347. The largest absolute Gasteiger partial charge is 0.381 e. The van der Waals surface area contributed by atoms with E-state index in [-0.39, 0.29) is 22.7 Å². The van der Waals surface area contributed by atoms with Gasteiger partial charge in [0.25, 0.3) is 0 Å². The van der Waals surface area contributed by atoms with Crippen LogP contribution in [0.2, 0.25) is 0 Å². The van der Waals surface area contributed by atoms with Crippen molar-refractivity contribution in [1.82, 2.24) is 0 Å². The summed E-state index contributed by atoms with van der Waals surface area (Å²) in [4.78, 5) is 25.4. The third kappa shape index (κ3) is 3.45. The molecule has 3 saturated carbocycles. The molecule has 0 radical (unpaired) electrons. The Morgan fingerprint density at radius 2 is 1.74 bits per heavy atom. The number of carbonyl (C=O) groups is 2. The molecular weight excluding hydrogens is 432 g/mol. The van der Waals surface area contributed by atoms with Crippen molar-refractivity contribution < 1.29 is 29.6 Å². The molecule has 1 aromatic rings. The first-order valence-electron chi connectivity index (χ1n) is 12.6. The van der Waals surface area contributed by atoms with Gasteiger partial charge >= 0.3 is 5.97 Å². The zero-order valence-electron chi connectivity index (χ0n) is 20.1. The van der Waals surface area contributed by atoms with E-state index >= 15 is 0 Å². The van der Waals surface area contributed by atoms with Crippen LogP contribution >= 0.6 is 0 Å². The van der Waals surface area contributed by atoms with Gasteiger partial charge in [-0.15, -0.1) is 0 Å². The summed E-state index contributed by atoms with van der Waals surface area (Å²) in [5, 5.41) is 32.4. The average Bonchev–Trinajstić information content (AvgIpc) is 3.10. The number of ether oxygens (including phenoxy) is 1. The Hall–Kier alpha value is -1.86. The van der Waals surface area contributed by atoms with Gasteiger partial charge in [0.2, 0.25) is 0 Å². The van der Waals surface area contributed by atoms with Gasteiger partial charge in [0.05, 0.1) is 0 Å². The van der Waals surface area contributed by atoms with Crippen molar-refractivity contribution >= 4 is 11.6 Å². The maximum absolute atomic E-state index is 13.3. The van der Waals surface area contributed by atoms with Crippen LogP contribution in [0.25, 0.3) is 0 Å². The SMILES string of the molecule is C[C@]12CCC(=O)C=C1CC[C@@H]1[C@@H]2CC[C@@]2(C)[C@H]1CC[C@]2(O)C(=O)COC(O)(O)c1ccccc1. The molecule has 6 nitrogen and oxygen atoms in total. The molecule has 0 unspecified atom stereocenters. The Kier molecular flexibility index (Phi) is 5.68. The van der Waals surface area contributed by atoms with Gasteiger partial charge in [-0.25, -0.2) is 0 Å². The lowest BCUT2D eigenvalue weighted by Gasteiger charge is -2.58. The molecule has 0 bridgehead atoms. The summed E-state index contributed by atoms with van der Waals surface area (Å²) >= 11 is 0. The standard InChI is InChI=1S/C28H36O6/c1-25-13-10-20(29)16-19(25)8-9-21-22(25)11-14-26(2)23(21)12-15-27(26,31)24(30)17-34-28(32,33)18-6-4-3-5-7-18/h3-7,16,21-23,31-33H,8-15,17H2,1-2H3/t21-,22+,23+,25+,26+,27+/m1/s1. The quantitative estimate of drug-likeness (QED) is 0.570. The Labute approximate surface area is 201 Å². The number of hydrogen-bond acceptors (Lipinski definition) is 6. The third-order valence-corrected chi connectivity index (χ3v) is 10.1. The van der Waals surface area contributed by atoms with Crippen molar-refractivity contribution in [2.75, 3.05) is 6.61 Å².